The normalized spacial score (nSPS) is 38.8. The molecule has 0 aromatic carbocycles. The van der Waals surface area contributed by atoms with E-state index in [0.29, 0.717) is 24.0 Å². The van der Waals surface area contributed by atoms with E-state index < -0.39 is 0 Å². The first-order valence-electron chi connectivity index (χ1n) is 7.48. The van der Waals surface area contributed by atoms with Gasteiger partial charge in [-0.05, 0) is 37.0 Å². The van der Waals surface area contributed by atoms with Crippen LogP contribution in [0.4, 0.5) is 0 Å². The fraction of sp³-hybridized carbons (Fsp3) is 0.933. The van der Waals surface area contributed by atoms with Crippen molar-refractivity contribution in [1.82, 2.24) is 4.90 Å². The highest BCUT2D eigenvalue weighted by Crippen LogP contribution is 2.49. The zero-order valence-electron chi connectivity index (χ0n) is 11.7. The van der Waals surface area contributed by atoms with Crippen molar-refractivity contribution in [2.45, 2.75) is 52.0 Å². The maximum atomic E-state index is 12.7. The second-order valence-corrected chi connectivity index (χ2v) is 6.97. The van der Waals surface area contributed by atoms with Crippen LogP contribution in [0.2, 0.25) is 0 Å². The van der Waals surface area contributed by atoms with E-state index >= 15 is 0 Å². The van der Waals surface area contributed by atoms with Gasteiger partial charge in [-0.15, -0.1) is 0 Å². The molecule has 2 aliphatic heterocycles. The molecule has 1 aliphatic carbocycles. The average Bonchev–Trinajstić information content (AvgIpc) is 2.93. The second kappa shape index (κ2) is 4.52. The Morgan fingerprint density at radius 2 is 2.06 bits per heavy atom. The first-order chi connectivity index (χ1) is 8.59. The molecular weight excluding hydrogens is 226 g/mol. The molecule has 3 rings (SSSR count). The fourth-order valence-electron chi connectivity index (χ4n) is 4.31. The molecule has 3 aliphatic rings. The van der Waals surface area contributed by atoms with Crippen molar-refractivity contribution in [2.75, 3.05) is 19.8 Å². The summed E-state index contributed by atoms with van der Waals surface area (Å²) in [6, 6.07) is 0.523. The molecule has 2 saturated heterocycles. The molecule has 0 spiro atoms. The van der Waals surface area contributed by atoms with Gasteiger partial charge in [0.2, 0.25) is 5.91 Å². The van der Waals surface area contributed by atoms with Gasteiger partial charge in [0.1, 0.15) is 0 Å². The van der Waals surface area contributed by atoms with E-state index in [1.807, 2.05) is 0 Å². The number of carbonyl (C=O) groups excluding carboxylic acids is 1. The van der Waals surface area contributed by atoms with Crippen molar-refractivity contribution in [3.63, 3.8) is 0 Å². The summed E-state index contributed by atoms with van der Waals surface area (Å²) in [5.74, 6) is 1.23. The summed E-state index contributed by atoms with van der Waals surface area (Å²) >= 11 is 0. The SMILES string of the molecule is CC1(C)CN(C(=O)[C@@H]2CCCOC2)[C@H]2CCC[C@@H]21. The highest BCUT2D eigenvalue weighted by Gasteiger charge is 2.51. The van der Waals surface area contributed by atoms with Crippen molar-refractivity contribution < 1.29 is 9.53 Å². The van der Waals surface area contributed by atoms with Gasteiger partial charge >= 0.3 is 0 Å². The second-order valence-electron chi connectivity index (χ2n) is 6.97. The lowest BCUT2D eigenvalue weighted by atomic mass is 9.80. The van der Waals surface area contributed by atoms with Crippen LogP contribution in [0.1, 0.15) is 46.0 Å². The molecule has 0 N–H and O–H groups in total. The highest BCUT2D eigenvalue weighted by atomic mass is 16.5. The summed E-state index contributed by atoms with van der Waals surface area (Å²) in [7, 11) is 0. The molecule has 0 bridgehead atoms. The van der Waals surface area contributed by atoms with E-state index in [4.69, 9.17) is 4.74 Å². The van der Waals surface area contributed by atoms with Crippen molar-refractivity contribution in [3.05, 3.63) is 0 Å². The number of rotatable bonds is 1. The number of nitrogens with zero attached hydrogens (tertiary/aromatic N) is 1. The molecule has 0 aromatic rings. The van der Waals surface area contributed by atoms with Crippen LogP contribution >= 0.6 is 0 Å². The van der Waals surface area contributed by atoms with E-state index in [2.05, 4.69) is 18.7 Å². The minimum absolute atomic E-state index is 0.133. The molecule has 1 amide bonds. The zero-order chi connectivity index (χ0) is 12.8. The molecule has 0 radical (unpaired) electrons. The summed E-state index contributed by atoms with van der Waals surface area (Å²) in [5, 5.41) is 0. The van der Waals surface area contributed by atoms with Gasteiger partial charge in [-0.25, -0.2) is 0 Å². The molecule has 102 valence electrons. The Labute approximate surface area is 110 Å². The van der Waals surface area contributed by atoms with Gasteiger partial charge in [-0.2, -0.15) is 0 Å². The summed E-state index contributed by atoms with van der Waals surface area (Å²) in [6.07, 6.45) is 5.88. The van der Waals surface area contributed by atoms with E-state index in [-0.39, 0.29) is 5.92 Å². The Balaban J connectivity index is 1.74. The fourth-order valence-corrected chi connectivity index (χ4v) is 4.31. The van der Waals surface area contributed by atoms with Crippen molar-refractivity contribution in [1.29, 1.82) is 0 Å². The highest BCUT2D eigenvalue weighted by molar-refractivity contribution is 5.80. The standard InChI is InChI=1S/C15H25NO2/c1-15(2)10-16(13-7-3-6-12(13)15)14(17)11-5-4-8-18-9-11/h11-13H,3-10H2,1-2H3/t11-,12+,13+/m1/s1. The first kappa shape index (κ1) is 12.5. The van der Waals surface area contributed by atoms with Gasteiger partial charge in [0.25, 0.3) is 0 Å². The van der Waals surface area contributed by atoms with Gasteiger partial charge < -0.3 is 9.64 Å². The lowest BCUT2D eigenvalue weighted by Gasteiger charge is -2.30. The molecule has 0 unspecified atom stereocenters. The predicted molar refractivity (Wildman–Crippen MR) is 70.2 cm³/mol. The molecular formula is C15H25NO2. The number of amides is 1. The Kier molecular flexibility index (Phi) is 3.13. The van der Waals surface area contributed by atoms with Crippen LogP contribution in [-0.2, 0) is 9.53 Å². The number of hydrogen-bond acceptors (Lipinski definition) is 2. The summed E-state index contributed by atoms with van der Waals surface area (Å²) in [5.41, 5.74) is 0.312. The number of likely N-dealkylation sites (tertiary alicyclic amines) is 1. The van der Waals surface area contributed by atoms with Gasteiger partial charge in [-0.3, -0.25) is 4.79 Å². The molecule has 0 aromatic heterocycles. The monoisotopic (exact) mass is 251 g/mol. The number of hydrogen-bond donors (Lipinski definition) is 0. The van der Waals surface area contributed by atoms with Crippen LogP contribution in [0.3, 0.4) is 0 Å². The van der Waals surface area contributed by atoms with Crippen LogP contribution in [0, 0.1) is 17.3 Å². The van der Waals surface area contributed by atoms with Gasteiger partial charge in [0.05, 0.1) is 12.5 Å². The van der Waals surface area contributed by atoms with Gasteiger partial charge in [0.15, 0.2) is 0 Å². The quantitative estimate of drug-likeness (QED) is 0.716. The van der Waals surface area contributed by atoms with Crippen LogP contribution < -0.4 is 0 Å². The molecule has 3 nitrogen and oxygen atoms in total. The maximum absolute atomic E-state index is 12.7. The van der Waals surface area contributed by atoms with Crippen molar-refractivity contribution in [3.8, 4) is 0 Å². The average molecular weight is 251 g/mol. The first-order valence-corrected chi connectivity index (χ1v) is 7.48. The van der Waals surface area contributed by atoms with E-state index in [1.165, 1.54) is 19.3 Å². The smallest absolute Gasteiger partial charge is 0.228 e. The summed E-state index contributed by atoms with van der Waals surface area (Å²) in [4.78, 5) is 14.9. The maximum Gasteiger partial charge on any atom is 0.228 e. The minimum Gasteiger partial charge on any atom is -0.381 e. The van der Waals surface area contributed by atoms with Crippen molar-refractivity contribution in [2.24, 2.45) is 17.3 Å². The van der Waals surface area contributed by atoms with Crippen LogP contribution in [-0.4, -0.2) is 36.6 Å². The molecule has 3 atom stereocenters. The van der Waals surface area contributed by atoms with E-state index in [0.717, 1.165) is 31.9 Å². The summed E-state index contributed by atoms with van der Waals surface area (Å²) in [6.45, 7) is 7.10. The van der Waals surface area contributed by atoms with Gasteiger partial charge in [0, 0.05) is 19.2 Å². The van der Waals surface area contributed by atoms with Crippen LogP contribution in [0.25, 0.3) is 0 Å². The van der Waals surface area contributed by atoms with Crippen molar-refractivity contribution >= 4 is 5.91 Å². The zero-order valence-corrected chi connectivity index (χ0v) is 11.7. The third kappa shape index (κ3) is 1.97. The Hall–Kier alpha value is -0.570. The number of fused-ring (bicyclic) bond motifs is 1. The third-order valence-corrected chi connectivity index (χ3v) is 5.25. The Morgan fingerprint density at radius 1 is 1.22 bits per heavy atom. The van der Waals surface area contributed by atoms with E-state index in [1.54, 1.807) is 0 Å². The summed E-state index contributed by atoms with van der Waals surface area (Å²) < 4.78 is 5.48. The molecule has 18 heavy (non-hydrogen) atoms. The number of carbonyl (C=O) groups is 1. The lowest BCUT2D eigenvalue weighted by molar-refractivity contribution is -0.141. The molecule has 3 heteroatoms. The van der Waals surface area contributed by atoms with Crippen LogP contribution in [0.5, 0.6) is 0 Å². The third-order valence-electron chi connectivity index (χ3n) is 5.25. The van der Waals surface area contributed by atoms with Gasteiger partial charge in [-0.1, -0.05) is 20.3 Å². The molecule has 1 saturated carbocycles. The topological polar surface area (TPSA) is 29.5 Å². The Morgan fingerprint density at radius 3 is 2.78 bits per heavy atom. The molecule has 3 fully saturated rings. The number of ether oxygens (including phenoxy) is 1. The largest absolute Gasteiger partial charge is 0.381 e. The minimum atomic E-state index is 0.133. The molecule has 2 heterocycles. The predicted octanol–water partition coefficient (Wildman–Crippen LogP) is 2.45. The van der Waals surface area contributed by atoms with E-state index in [9.17, 15) is 4.79 Å². The lowest BCUT2D eigenvalue weighted by Crippen LogP contribution is -2.42. The Bertz CT molecular complexity index is 333. The van der Waals surface area contributed by atoms with Crippen LogP contribution in [0.15, 0.2) is 0 Å².